The number of nitro groups is 1. The molecule has 0 aromatic heterocycles. The largest absolute Gasteiger partial charge is 0.330 e. The predicted molar refractivity (Wildman–Crippen MR) is 94.9 cm³/mol. The molecule has 1 aliphatic rings. The zero-order chi connectivity index (χ0) is 17.2. The van der Waals surface area contributed by atoms with Crippen molar-refractivity contribution in [1.29, 1.82) is 0 Å². The molecule has 7 nitrogen and oxygen atoms in total. The van der Waals surface area contributed by atoms with E-state index in [0.717, 1.165) is 25.7 Å². The van der Waals surface area contributed by atoms with Crippen molar-refractivity contribution in [2.75, 3.05) is 6.54 Å². The van der Waals surface area contributed by atoms with Crippen LogP contribution in [0.15, 0.2) is 17.0 Å². The van der Waals surface area contributed by atoms with Crippen molar-refractivity contribution >= 4 is 28.1 Å². The van der Waals surface area contributed by atoms with Crippen LogP contribution < -0.4 is 10.5 Å². The van der Waals surface area contributed by atoms with Gasteiger partial charge in [-0.3, -0.25) is 10.1 Å². The molecule has 1 aromatic carbocycles. The van der Waals surface area contributed by atoms with Gasteiger partial charge in [0.25, 0.3) is 5.69 Å². The molecule has 2 atom stereocenters. The molecule has 0 spiro atoms. The van der Waals surface area contributed by atoms with Gasteiger partial charge in [0.2, 0.25) is 10.0 Å². The number of rotatable bonds is 5. The molecule has 0 bridgehead atoms. The monoisotopic (exact) mass is 377 g/mol. The van der Waals surface area contributed by atoms with E-state index in [4.69, 9.17) is 5.73 Å². The first-order valence-corrected chi connectivity index (χ1v) is 9.22. The highest BCUT2D eigenvalue weighted by molar-refractivity contribution is 7.89. The van der Waals surface area contributed by atoms with Crippen LogP contribution in [-0.4, -0.2) is 25.9 Å². The average Bonchev–Trinajstić information content (AvgIpc) is 2.46. The number of halogens is 1. The summed E-state index contributed by atoms with van der Waals surface area (Å²) >= 11 is 0. The molecule has 1 aliphatic carbocycles. The topological polar surface area (TPSA) is 115 Å². The lowest BCUT2D eigenvalue weighted by Crippen LogP contribution is -2.44. The zero-order valence-electron chi connectivity index (χ0n) is 13.8. The maximum absolute atomic E-state index is 12.8. The second-order valence-electron chi connectivity index (χ2n) is 6.17. The van der Waals surface area contributed by atoms with Gasteiger partial charge in [-0.1, -0.05) is 12.8 Å². The summed E-state index contributed by atoms with van der Waals surface area (Å²) in [6.45, 7) is 3.61. The van der Waals surface area contributed by atoms with E-state index in [2.05, 4.69) is 4.72 Å². The number of non-ortho nitro benzene ring substituents is 1. The Kier molecular flexibility index (Phi) is 7.15. The highest BCUT2D eigenvalue weighted by Crippen LogP contribution is 2.29. The maximum atomic E-state index is 12.8. The third-order valence-electron chi connectivity index (χ3n) is 4.44. The average molecular weight is 378 g/mol. The van der Waals surface area contributed by atoms with Gasteiger partial charge < -0.3 is 5.73 Å². The fourth-order valence-corrected chi connectivity index (χ4v) is 5.15. The molecule has 0 amide bonds. The molecule has 1 fully saturated rings. The van der Waals surface area contributed by atoms with Crippen molar-refractivity contribution in [2.24, 2.45) is 11.7 Å². The van der Waals surface area contributed by atoms with E-state index in [9.17, 15) is 18.5 Å². The fraction of sp³-hybridized carbons (Fsp3) is 0.600. The van der Waals surface area contributed by atoms with Crippen LogP contribution >= 0.6 is 12.4 Å². The molecule has 2 unspecified atom stereocenters. The molecule has 136 valence electrons. The molecule has 2 rings (SSSR count). The van der Waals surface area contributed by atoms with Crippen molar-refractivity contribution in [1.82, 2.24) is 4.72 Å². The van der Waals surface area contributed by atoms with Crippen molar-refractivity contribution in [3.05, 3.63) is 33.4 Å². The predicted octanol–water partition coefficient (Wildman–Crippen LogP) is 2.43. The molecule has 3 N–H and O–H groups in total. The number of nitrogens with two attached hydrogens (primary N) is 1. The molecule has 1 aromatic rings. The van der Waals surface area contributed by atoms with Crippen LogP contribution in [0.2, 0.25) is 0 Å². The number of hydrogen-bond acceptors (Lipinski definition) is 5. The minimum absolute atomic E-state index is 0. The first kappa shape index (κ1) is 20.8. The number of nitrogens with zero attached hydrogens (tertiary/aromatic N) is 1. The van der Waals surface area contributed by atoms with E-state index < -0.39 is 14.9 Å². The van der Waals surface area contributed by atoms with E-state index in [1.165, 1.54) is 12.1 Å². The Bertz CT molecular complexity index is 686. The van der Waals surface area contributed by atoms with Gasteiger partial charge >= 0.3 is 0 Å². The van der Waals surface area contributed by atoms with Gasteiger partial charge in [0.05, 0.1) is 9.82 Å². The van der Waals surface area contributed by atoms with Gasteiger partial charge in [-0.25, -0.2) is 13.1 Å². The number of nitro benzene ring substituents is 1. The fourth-order valence-electron chi connectivity index (χ4n) is 3.36. The molecule has 9 heteroatoms. The Labute approximate surface area is 148 Å². The summed E-state index contributed by atoms with van der Waals surface area (Å²) in [6.07, 6.45) is 3.73. The Hall–Kier alpha value is -1.22. The van der Waals surface area contributed by atoms with Gasteiger partial charge in [-0.2, -0.15) is 0 Å². The molecule has 0 aliphatic heterocycles. The summed E-state index contributed by atoms with van der Waals surface area (Å²) in [7, 11) is -3.73. The van der Waals surface area contributed by atoms with Crippen molar-refractivity contribution in [3.8, 4) is 0 Å². The second-order valence-corrected chi connectivity index (χ2v) is 7.82. The van der Waals surface area contributed by atoms with Gasteiger partial charge in [0.15, 0.2) is 0 Å². The van der Waals surface area contributed by atoms with Crippen LogP contribution in [0.5, 0.6) is 0 Å². The molecule has 0 radical (unpaired) electrons. The van der Waals surface area contributed by atoms with Gasteiger partial charge in [0.1, 0.15) is 0 Å². The van der Waals surface area contributed by atoms with Crippen LogP contribution in [0.3, 0.4) is 0 Å². The first-order chi connectivity index (χ1) is 10.8. The summed E-state index contributed by atoms with van der Waals surface area (Å²) in [5.41, 5.74) is 6.41. The number of hydrogen-bond donors (Lipinski definition) is 2. The third-order valence-corrected chi connectivity index (χ3v) is 6.24. The molecular weight excluding hydrogens is 354 g/mol. The number of sulfonamides is 1. The van der Waals surface area contributed by atoms with Crippen LogP contribution in [0, 0.1) is 29.9 Å². The standard InChI is InChI=1S/C15H23N3O4S.ClH/c1-10-7-13(18(19)20)8-11(2)15(10)23(21,22)17-14-6-4-3-5-12(14)9-16;/h7-8,12,14,17H,3-6,9,16H2,1-2H3;1H. The van der Waals surface area contributed by atoms with Gasteiger partial charge in [0, 0.05) is 18.2 Å². The van der Waals surface area contributed by atoms with Gasteiger partial charge in [-0.15, -0.1) is 12.4 Å². The Morgan fingerprint density at radius 3 is 2.29 bits per heavy atom. The lowest BCUT2D eigenvalue weighted by Gasteiger charge is -2.31. The smallest absolute Gasteiger partial charge is 0.270 e. The van der Waals surface area contributed by atoms with Crippen LogP contribution in [0.25, 0.3) is 0 Å². The van der Waals surface area contributed by atoms with Crippen molar-refractivity contribution in [2.45, 2.75) is 50.5 Å². The highest BCUT2D eigenvalue weighted by Gasteiger charge is 2.30. The minimum atomic E-state index is -3.73. The number of aryl methyl sites for hydroxylation is 2. The second kappa shape index (κ2) is 8.24. The van der Waals surface area contributed by atoms with E-state index in [-0.39, 0.29) is 34.9 Å². The van der Waals surface area contributed by atoms with Crippen LogP contribution in [0.1, 0.15) is 36.8 Å². The van der Waals surface area contributed by atoms with Gasteiger partial charge in [-0.05, 0) is 50.3 Å². The summed E-state index contributed by atoms with van der Waals surface area (Å²) in [4.78, 5) is 10.5. The summed E-state index contributed by atoms with van der Waals surface area (Å²) in [5, 5.41) is 10.9. The highest BCUT2D eigenvalue weighted by atomic mass is 35.5. The third kappa shape index (κ3) is 4.44. The summed E-state index contributed by atoms with van der Waals surface area (Å²) < 4.78 is 28.3. The molecule has 24 heavy (non-hydrogen) atoms. The first-order valence-electron chi connectivity index (χ1n) is 7.74. The molecule has 0 saturated heterocycles. The van der Waals surface area contributed by atoms with Crippen molar-refractivity contribution < 1.29 is 13.3 Å². The van der Waals surface area contributed by atoms with Crippen molar-refractivity contribution in [3.63, 3.8) is 0 Å². The number of benzene rings is 1. The number of nitrogens with one attached hydrogen (secondary N) is 1. The van der Waals surface area contributed by atoms with Crippen LogP contribution in [-0.2, 0) is 10.0 Å². The molecule has 1 saturated carbocycles. The van der Waals surface area contributed by atoms with E-state index in [1.807, 2.05) is 0 Å². The summed E-state index contributed by atoms with van der Waals surface area (Å²) in [6, 6.07) is 2.42. The maximum Gasteiger partial charge on any atom is 0.270 e. The zero-order valence-corrected chi connectivity index (χ0v) is 15.5. The lowest BCUT2D eigenvalue weighted by molar-refractivity contribution is -0.385. The Balaban J connectivity index is 0.00000288. The normalized spacial score (nSPS) is 21.1. The quantitative estimate of drug-likeness (QED) is 0.603. The molecule has 0 heterocycles. The Morgan fingerprint density at radius 2 is 1.79 bits per heavy atom. The molecular formula is C15H24ClN3O4S. The SMILES string of the molecule is Cc1cc([N+](=O)[O-])cc(C)c1S(=O)(=O)NC1CCCCC1CN.Cl. The minimum Gasteiger partial charge on any atom is -0.330 e. The summed E-state index contributed by atoms with van der Waals surface area (Å²) in [5.74, 6) is 0.136. The van der Waals surface area contributed by atoms with E-state index in [1.54, 1.807) is 13.8 Å². The van der Waals surface area contributed by atoms with Crippen LogP contribution in [0.4, 0.5) is 5.69 Å². The van der Waals surface area contributed by atoms with E-state index in [0.29, 0.717) is 17.7 Å². The lowest BCUT2D eigenvalue weighted by atomic mass is 9.85. The Morgan fingerprint density at radius 1 is 1.25 bits per heavy atom. The van der Waals surface area contributed by atoms with E-state index >= 15 is 0 Å².